The maximum Gasteiger partial charge on any atom is 0.573 e. The number of amides is 2. The molecule has 0 unspecified atom stereocenters. The molecule has 1 aliphatic heterocycles. The van der Waals surface area contributed by atoms with Gasteiger partial charge in [0.2, 0.25) is 11.8 Å². The fourth-order valence-corrected chi connectivity index (χ4v) is 2.47. The highest BCUT2D eigenvalue weighted by atomic mass is 19.4. The fourth-order valence-electron chi connectivity index (χ4n) is 2.47. The molecule has 5 nitrogen and oxygen atoms in total. The number of likely N-dealkylation sites (N-methyl/N-ethyl adjacent to an activating group) is 1. The third-order valence-electron chi connectivity index (χ3n) is 3.88. The number of nitrogens with zero attached hydrogens (tertiary/aromatic N) is 2. The third-order valence-corrected chi connectivity index (χ3v) is 3.88. The van der Waals surface area contributed by atoms with Crippen LogP contribution in [-0.2, 0) is 16.1 Å². The van der Waals surface area contributed by atoms with E-state index in [1.54, 1.807) is 27.0 Å². The molecule has 0 bridgehead atoms. The summed E-state index contributed by atoms with van der Waals surface area (Å²) in [7, 11) is 1.55. The molecule has 2 atom stereocenters. The van der Waals surface area contributed by atoms with Gasteiger partial charge in [-0.3, -0.25) is 9.59 Å². The Kier molecular flexibility index (Phi) is 4.53. The van der Waals surface area contributed by atoms with E-state index in [0.29, 0.717) is 5.56 Å². The van der Waals surface area contributed by atoms with E-state index in [4.69, 9.17) is 0 Å². The van der Waals surface area contributed by atoms with Crippen LogP contribution in [0, 0.1) is 0 Å². The van der Waals surface area contributed by atoms with Gasteiger partial charge in [0.15, 0.2) is 0 Å². The van der Waals surface area contributed by atoms with Gasteiger partial charge in [0.1, 0.15) is 17.8 Å². The van der Waals surface area contributed by atoms with Crippen LogP contribution in [0.5, 0.6) is 5.75 Å². The third kappa shape index (κ3) is 3.75. The topological polar surface area (TPSA) is 49.9 Å². The zero-order chi connectivity index (χ0) is 17.4. The lowest BCUT2D eigenvalue weighted by Gasteiger charge is -2.41. The number of carbonyl (C=O) groups excluding carboxylic acids is 2. The van der Waals surface area contributed by atoms with E-state index in [0.717, 1.165) is 0 Å². The van der Waals surface area contributed by atoms with Gasteiger partial charge in [-0.05, 0) is 31.5 Å². The van der Waals surface area contributed by atoms with E-state index in [9.17, 15) is 22.8 Å². The molecule has 0 aliphatic carbocycles. The van der Waals surface area contributed by atoms with E-state index in [-0.39, 0.29) is 24.1 Å². The number of hydrogen-bond acceptors (Lipinski definition) is 3. The van der Waals surface area contributed by atoms with Gasteiger partial charge in [-0.1, -0.05) is 12.1 Å². The summed E-state index contributed by atoms with van der Waals surface area (Å²) in [6.45, 7) is 3.25. The lowest BCUT2D eigenvalue weighted by molar-refractivity contribution is -0.274. The van der Waals surface area contributed by atoms with Gasteiger partial charge in [-0.2, -0.15) is 0 Å². The molecule has 0 radical (unpaired) electrons. The Balaban J connectivity index is 2.19. The van der Waals surface area contributed by atoms with Crippen LogP contribution in [-0.4, -0.2) is 47.1 Å². The second-order valence-electron chi connectivity index (χ2n) is 5.46. The van der Waals surface area contributed by atoms with Crippen molar-refractivity contribution in [2.45, 2.75) is 38.8 Å². The molecule has 0 aromatic heterocycles. The molecule has 1 aromatic rings. The molecule has 1 aromatic carbocycles. The van der Waals surface area contributed by atoms with Crippen LogP contribution in [0.15, 0.2) is 24.3 Å². The molecule has 0 N–H and O–H groups in total. The second-order valence-corrected chi connectivity index (χ2v) is 5.46. The summed E-state index contributed by atoms with van der Waals surface area (Å²) in [5.41, 5.74) is 0.455. The second kappa shape index (κ2) is 6.10. The van der Waals surface area contributed by atoms with Crippen molar-refractivity contribution in [3.05, 3.63) is 29.8 Å². The van der Waals surface area contributed by atoms with Crippen LogP contribution in [0.4, 0.5) is 13.2 Å². The average molecular weight is 330 g/mol. The number of halogens is 3. The van der Waals surface area contributed by atoms with Gasteiger partial charge < -0.3 is 14.5 Å². The SMILES string of the molecule is C[C@H]1C(=O)N(Cc2cccc(OC(F)(F)F)c2)[C@@H](C)C(=O)N1C. The summed E-state index contributed by atoms with van der Waals surface area (Å²) < 4.78 is 40.7. The Hall–Kier alpha value is -2.25. The Morgan fingerprint density at radius 1 is 1.13 bits per heavy atom. The first kappa shape index (κ1) is 17.1. The van der Waals surface area contributed by atoms with Gasteiger partial charge in [-0.15, -0.1) is 13.2 Å². The molecule has 1 saturated heterocycles. The van der Waals surface area contributed by atoms with E-state index in [1.807, 2.05) is 0 Å². The summed E-state index contributed by atoms with van der Waals surface area (Å²) in [5, 5.41) is 0. The molecule has 23 heavy (non-hydrogen) atoms. The molecule has 1 heterocycles. The van der Waals surface area contributed by atoms with Gasteiger partial charge in [0.05, 0.1) is 0 Å². The first-order chi connectivity index (χ1) is 10.6. The Labute approximate surface area is 131 Å². The minimum Gasteiger partial charge on any atom is -0.406 e. The predicted molar refractivity (Wildman–Crippen MR) is 75.4 cm³/mol. The maximum atomic E-state index is 12.3. The van der Waals surface area contributed by atoms with Crippen LogP contribution in [0.2, 0.25) is 0 Å². The molecule has 0 saturated carbocycles. The van der Waals surface area contributed by atoms with Crippen molar-refractivity contribution in [1.29, 1.82) is 0 Å². The normalized spacial score (nSPS) is 22.5. The number of carbonyl (C=O) groups is 2. The molecule has 1 fully saturated rings. The number of ether oxygens (including phenoxy) is 1. The predicted octanol–water partition coefficient (Wildman–Crippen LogP) is 2.16. The minimum atomic E-state index is -4.78. The minimum absolute atomic E-state index is 0.0407. The molecule has 8 heteroatoms. The van der Waals surface area contributed by atoms with Crippen molar-refractivity contribution in [3.63, 3.8) is 0 Å². The first-order valence-corrected chi connectivity index (χ1v) is 7.02. The van der Waals surface area contributed by atoms with E-state index in [1.165, 1.54) is 28.0 Å². The molecule has 126 valence electrons. The van der Waals surface area contributed by atoms with Crippen molar-refractivity contribution in [3.8, 4) is 5.75 Å². The lowest BCUT2D eigenvalue weighted by Crippen LogP contribution is -2.61. The smallest absolute Gasteiger partial charge is 0.406 e. The van der Waals surface area contributed by atoms with E-state index >= 15 is 0 Å². The monoisotopic (exact) mass is 330 g/mol. The van der Waals surface area contributed by atoms with Crippen molar-refractivity contribution in [1.82, 2.24) is 9.80 Å². The number of alkyl halides is 3. The lowest BCUT2D eigenvalue weighted by atomic mass is 10.1. The average Bonchev–Trinajstić information content (AvgIpc) is 2.46. The molecular weight excluding hydrogens is 313 g/mol. The summed E-state index contributed by atoms with van der Waals surface area (Å²) in [6, 6.07) is 4.11. The first-order valence-electron chi connectivity index (χ1n) is 7.02. The summed E-state index contributed by atoms with van der Waals surface area (Å²) in [5.74, 6) is -0.815. The van der Waals surface area contributed by atoms with Crippen molar-refractivity contribution >= 4 is 11.8 Å². The highest BCUT2D eigenvalue weighted by Crippen LogP contribution is 2.25. The summed E-state index contributed by atoms with van der Waals surface area (Å²) >= 11 is 0. The van der Waals surface area contributed by atoms with Gasteiger partial charge in [0.25, 0.3) is 0 Å². The Bertz CT molecular complexity index is 618. The van der Waals surface area contributed by atoms with Crippen LogP contribution in [0.1, 0.15) is 19.4 Å². The van der Waals surface area contributed by atoms with E-state index in [2.05, 4.69) is 4.74 Å². The van der Waals surface area contributed by atoms with Gasteiger partial charge in [0, 0.05) is 13.6 Å². The molecule has 1 aliphatic rings. The van der Waals surface area contributed by atoms with Crippen LogP contribution < -0.4 is 4.74 Å². The van der Waals surface area contributed by atoms with Crippen LogP contribution in [0.3, 0.4) is 0 Å². The standard InChI is InChI=1S/C15H17F3N2O3/c1-9-14(22)20(10(2)13(21)19(9)3)8-11-5-4-6-12(7-11)23-15(16,17)18/h4-7,9-10H,8H2,1-3H3/t9-,10-/m0/s1. The largest absolute Gasteiger partial charge is 0.573 e. The maximum absolute atomic E-state index is 12.3. The summed E-state index contributed by atoms with van der Waals surface area (Å²) in [4.78, 5) is 27.2. The molecular formula is C15H17F3N2O3. The number of benzene rings is 1. The van der Waals surface area contributed by atoms with Crippen LogP contribution in [0.25, 0.3) is 0 Å². The van der Waals surface area contributed by atoms with Gasteiger partial charge >= 0.3 is 6.36 Å². The number of rotatable bonds is 3. The quantitative estimate of drug-likeness (QED) is 0.853. The van der Waals surface area contributed by atoms with Gasteiger partial charge in [-0.25, -0.2) is 0 Å². The van der Waals surface area contributed by atoms with Crippen molar-refractivity contribution in [2.75, 3.05) is 7.05 Å². The van der Waals surface area contributed by atoms with Crippen LogP contribution >= 0.6 is 0 Å². The van der Waals surface area contributed by atoms with Crippen molar-refractivity contribution < 1.29 is 27.5 Å². The highest BCUT2D eigenvalue weighted by Gasteiger charge is 2.39. The Morgan fingerprint density at radius 3 is 2.39 bits per heavy atom. The van der Waals surface area contributed by atoms with Crippen molar-refractivity contribution in [2.24, 2.45) is 0 Å². The Morgan fingerprint density at radius 2 is 1.78 bits per heavy atom. The molecule has 2 amide bonds. The van der Waals surface area contributed by atoms with E-state index < -0.39 is 18.4 Å². The highest BCUT2D eigenvalue weighted by molar-refractivity contribution is 5.96. The number of piperazine rings is 1. The molecule has 2 rings (SSSR count). The zero-order valence-electron chi connectivity index (χ0n) is 12.9. The zero-order valence-corrected chi connectivity index (χ0v) is 12.9. The fraction of sp³-hybridized carbons (Fsp3) is 0.467. The number of hydrogen-bond donors (Lipinski definition) is 0. The molecule has 0 spiro atoms. The summed E-state index contributed by atoms with van der Waals surface area (Å²) in [6.07, 6.45) is -4.78.